The van der Waals surface area contributed by atoms with Gasteiger partial charge in [-0.1, -0.05) is 19.9 Å². The van der Waals surface area contributed by atoms with Crippen molar-refractivity contribution in [1.29, 1.82) is 0 Å². The number of carbonyl (C=O) groups is 2. The number of anilines is 1. The average molecular weight is 308 g/mol. The van der Waals surface area contributed by atoms with Gasteiger partial charge in [0.1, 0.15) is 0 Å². The van der Waals surface area contributed by atoms with Gasteiger partial charge in [0.2, 0.25) is 5.91 Å². The molecule has 0 aromatic carbocycles. The van der Waals surface area contributed by atoms with Gasteiger partial charge in [-0.3, -0.25) is 9.59 Å². The quantitative estimate of drug-likeness (QED) is 0.823. The minimum Gasteiger partial charge on any atom is -0.302 e. The summed E-state index contributed by atoms with van der Waals surface area (Å²) in [6.07, 6.45) is 0.419. The molecule has 0 unspecified atom stereocenters. The Morgan fingerprint density at radius 1 is 1.30 bits per heavy atom. The fourth-order valence-corrected chi connectivity index (χ4v) is 3.16. The Labute approximate surface area is 125 Å². The van der Waals surface area contributed by atoms with Gasteiger partial charge in [0, 0.05) is 18.2 Å². The maximum atomic E-state index is 11.8. The number of carbonyl (C=O) groups excluding carboxylic acids is 2. The van der Waals surface area contributed by atoms with Gasteiger partial charge in [0.05, 0.1) is 10.6 Å². The Morgan fingerprint density at radius 3 is 2.70 bits per heavy atom. The summed E-state index contributed by atoms with van der Waals surface area (Å²) in [5, 5.41) is 7.14. The number of hydrogen-bond acceptors (Lipinski definition) is 5. The molecule has 2 rings (SSSR count). The summed E-state index contributed by atoms with van der Waals surface area (Å²) >= 11 is 2.81. The predicted molar refractivity (Wildman–Crippen MR) is 82.7 cm³/mol. The van der Waals surface area contributed by atoms with Crippen LogP contribution in [-0.2, 0) is 4.79 Å². The first-order valence-corrected chi connectivity index (χ1v) is 8.14. The first-order valence-electron chi connectivity index (χ1n) is 6.38. The van der Waals surface area contributed by atoms with Crippen molar-refractivity contribution in [2.45, 2.75) is 32.6 Å². The van der Waals surface area contributed by atoms with Crippen molar-refractivity contribution in [3.8, 4) is 0 Å². The number of Topliss-reactive ketones (excluding diaryl/α,β-unsaturated/α-hetero) is 1. The fraction of sp³-hybridized carbons (Fsp3) is 0.357. The number of thiazole rings is 1. The molecule has 0 saturated carbocycles. The van der Waals surface area contributed by atoms with Crippen LogP contribution in [0.1, 0.15) is 48.0 Å². The Balaban J connectivity index is 1.82. The summed E-state index contributed by atoms with van der Waals surface area (Å²) < 4.78 is 0. The van der Waals surface area contributed by atoms with Gasteiger partial charge in [-0.15, -0.1) is 22.7 Å². The molecule has 0 spiro atoms. The third kappa shape index (κ3) is 3.98. The van der Waals surface area contributed by atoms with Crippen LogP contribution >= 0.6 is 22.7 Å². The fourth-order valence-electron chi connectivity index (χ4n) is 1.58. The van der Waals surface area contributed by atoms with Crippen molar-refractivity contribution >= 4 is 39.5 Å². The standard InChI is InChI=1S/C14H16N2O2S2/c1-9(2)10-8-20-14(15-10)16-13(18)6-5-11(17)12-4-3-7-19-12/h3-4,7-9H,5-6H2,1-2H3,(H,15,16,18). The maximum Gasteiger partial charge on any atom is 0.226 e. The minimum absolute atomic E-state index is 0.0113. The lowest BCUT2D eigenvalue weighted by Crippen LogP contribution is -2.13. The van der Waals surface area contributed by atoms with E-state index in [1.807, 2.05) is 16.8 Å². The molecule has 6 heteroatoms. The van der Waals surface area contributed by atoms with Crippen molar-refractivity contribution in [2.24, 2.45) is 0 Å². The summed E-state index contributed by atoms with van der Waals surface area (Å²) in [7, 11) is 0. The molecule has 4 nitrogen and oxygen atoms in total. The summed E-state index contributed by atoms with van der Waals surface area (Å²) in [6.45, 7) is 4.11. The van der Waals surface area contributed by atoms with Crippen molar-refractivity contribution < 1.29 is 9.59 Å². The molecular weight excluding hydrogens is 292 g/mol. The first-order chi connectivity index (χ1) is 9.56. The summed E-state index contributed by atoms with van der Waals surface area (Å²) in [5.41, 5.74) is 0.972. The van der Waals surface area contributed by atoms with Crippen LogP contribution in [0.2, 0.25) is 0 Å². The van der Waals surface area contributed by atoms with Crippen LogP contribution in [0.15, 0.2) is 22.9 Å². The van der Waals surface area contributed by atoms with Crippen LogP contribution in [0.5, 0.6) is 0 Å². The van der Waals surface area contributed by atoms with Crippen molar-refractivity contribution in [3.05, 3.63) is 33.5 Å². The van der Waals surface area contributed by atoms with Gasteiger partial charge in [-0.25, -0.2) is 4.98 Å². The Kier molecular flexibility index (Phi) is 5.03. The van der Waals surface area contributed by atoms with Crippen LogP contribution in [0.4, 0.5) is 5.13 Å². The van der Waals surface area contributed by atoms with E-state index in [0.717, 1.165) is 5.69 Å². The molecule has 0 aliphatic rings. The number of hydrogen-bond donors (Lipinski definition) is 1. The highest BCUT2D eigenvalue weighted by atomic mass is 32.1. The molecule has 0 radical (unpaired) electrons. The molecule has 2 heterocycles. The molecule has 0 fully saturated rings. The van der Waals surface area contributed by atoms with Crippen LogP contribution in [0.3, 0.4) is 0 Å². The highest BCUT2D eigenvalue weighted by molar-refractivity contribution is 7.14. The molecule has 20 heavy (non-hydrogen) atoms. The van der Waals surface area contributed by atoms with Gasteiger partial charge >= 0.3 is 0 Å². The molecule has 2 aromatic heterocycles. The molecule has 0 aliphatic heterocycles. The average Bonchev–Trinajstić information content (AvgIpc) is 3.06. The number of aromatic nitrogens is 1. The minimum atomic E-state index is -0.167. The van der Waals surface area contributed by atoms with Crippen molar-refractivity contribution in [1.82, 2.24) is 4.98 Å². The lowest BCUT2D eigenvalue weighted by Gasteiger charge is -2.01. The third-order valence-corrected chi connectivity index (χ3v) is 4.42. The lowest BCUT2D eigenvalue weighted by atomic mass is 10.2. The number of rotatable bonds is 6. The second kappa shape index (κ2) is 6.76. The normalized spacial score (nSPS) is 10.8. The summed E-state index contributed by atoms with van der Waals surface area (Å²) in [4.78, 5) is 28.6. The first kappa shape index (κ1) is 14.9. The topological polar surface area (TPSA) is 59.1 Å². The molecule has 106 valence electrons. The van der Waals surface area contributed by atoms with Gasteiger partial charge in [-0.2, -0.15) is 0 Å². The van der Waals surface area contributed by atoms with E-state index in [-0.39, 0.29) is 24.5 Å². The second-order valence-electron chi connectivity index (χ2n) is 4.68. The van der Waals surface area contributed by atoms with Gasteiger partial charge < -0.3 is 5.32 Å². The number of nitrogens with one attached hydrogen (secondary N) is 1. The predicted octanol–water partition coefficient (Wildman–Crippen LogP) is 3.93. The summed E-state index contributed by atoms with van der Waals surface area (Å²) in [5.74, 6) is 0.189. The molecule has 1 N–H and O–H groups in total. The maximum absolute atomic E-state index is 11.8. The molecule has 0 saturated heterocycles. The van der Waals surface area contributed by atoms with Crippen molar-refractivity contribution in [3.63, 3.8) is 0 Å². The molecule has 2 aromatic rings. The van der Waals surface area contributed by atoms with E-state index in [2.05, 4.69) is 24.1 Å². The number of thiophene rings is 1. The zero-order valence-electron chi connectivity index (χ0n) is 11.4. The van der Waals surface area contributed by atoms with E-state index in [1.54, 1.807) is 6.07 Å². The lowest BCUT2D eigenvalue weighted by molar-refractivity contribution is -0.116. The van der Waals surface area contributed by atoms with Crippen LogP contribution < -0.4 is 5.32 Å². The Bertz CT molecular complexity index is 588. The van der Waals surface area contributed by atoms with Crippen LogP contribution in [-0.4, -0.2) is 16.7 Å². The molecule has 0 bridgehead atoms. The van der Waals surface area contributed by atoms with E-state index in [9.17, 15) is 9.59 Å². The van der Waals surface area contributed by atoms with Gasteiger partial charge in [0.15, 0.2) is 10.9 Å². The van der Waals surface area contributed by atoms with E-state index in [0.29, 0.717) is 15.9 Å². The Hall–Kier alpha value is -1.53. The van der Waals surface area contributed by atoms with Gasteiger partial charge in [-0.05, 0) is 17.4 Å². The molecule has 0 aliphatic carbocycles. The van der Waals surface area contributed by atoms with E-state index in [1.165, 1.54) is 22.7 Å². The van der Waals surface area contributed by atoms with E-state index in [4.69, 9.17) is 0 Å². The number of ketones is 1. The Morgan fingerprint density at radius 2 is 2.10 bits per heavy atom. The monoisotopic (exact) mass is 308 g/mol. The second-order valence-corrected chi connectivity index (χ2v) is 6.49. The smallest absolute Gasteiger partial charge is 0.226 e. The SMILES string of the molecule is CC(C)c1csc(NC(=O)CCC(=O)c2cccs2)n1. The van der Waals surface area contributed by atoms with Crippen LogP contribution in [0, 0.1) is 0 Å². The number of amides is 1. The highest BCUT2D eigenvalue weighted by Crippen LogP contribution is 2.21. The van der Waals surface area contributed by atoms with E-state index < -0.39 is 0 Å². The zero-order valence-corrected chi connectivity index (χ0v) is 13.0. The molecular formula is C14H16N2O2S2. The largest absolute Gasteiger partial charge is 0.302 e. The van der Waals surface area contributed by atoms with Gasteiger partial charge in [0.25, 0.3) is 0 Å². The van der Waals surface area contributed by atoms with E-state index >= 15 is 0 Å². The highest BCUT2D eigenvalue weighted by Gasteiger charge is 2.12. The van der Waals surface area contributed by atoms with Crippen LogP contribution in [0.25, 0.3) is 0 Å². The number of nitrogens with zero attached hydrogens (tertiary/aromatic N) is 1. The zero-order chi connectivity index (χ0) is 14.5. The summed E-state index contributed by atoms with van der Waals surface area (Å²) in [6, 6.07) is 3.61. The van der Waals surface area contributed by atoms with Crippen molar-refractivity contribution in [2.75, 3.05) is 5.32 Å². The third-order valence-electron chi connectivity index (χ3n) is 2.73. The molecule has 0 atom stereocenters. The molecule has 1 amide bonds.